The molecular weight excluding hydrogens is 310 g/mol. The SMILES string of the molecule is C[C](CF)c1cc(I)cc(OC(C)=O)c1. The molecule has 81 valence electrons. The van der Waals surface area contributed by atoms with Crippen molar-refractivity contribution < 1.29 is 13.9 Å². The van der Waals surface area contributed by atoms with Crippen molar-refractivity contribution in [2.24, 2.45) is 0 Å². The summed E-state index contributed by atoms with van der Waals surface area (Å²) in [6, 6.07) is 5.25. The highest BCUT2D eigenvalue weighted by atomic mass is 127. The van der Waals surface area contributed by atoms with Crippen LogP contribution in [0.25, 0.3) is 0 Å². The first-order valence-electron chi connectivity index (χ1n) is 4.40. The number of hydrogen-bond acceptors (Lipinski definition) is 2. The topological polar surface area (TPSA) is 26.3 Å². The summed E-state index contributed by atoms with van der Waals surface area (Å²) in [5.74, 6) is 0.708. The summed E-state index contributed by atoms with van der Waals surface area (Å²) < 4.78 is 18.3. The second-order valence-electron chi connectivity index (χ2n) is 3.18. The summed E-state index contributed by atoms with van der Waals surface area (Å²) >= 11 is 2.10. The van der Waals surface area contributed by atoms with Gasteiger partial charge in [-0.2, -0.15) is 0 Å². The molecule has 0 fully saturated rings. The van der Waals surface area contributed by atoms with Crippen molar-refractivity contribution in [2.45, 2.75) is 13.8 Å². The van der Waals surface area contributed by atoms with Gasteiger partial charge in [-0.15, -0.1) is 0 Å². The Hall–Kier alpha value is -0.650. The van der Waals surface area contributed by atoms with E-state index in [2.05, 4.69) is 22.6 Å². The Bertz CT molecular complexity index is 366. The Morgan fingerprint density at radius 1 is 1.40 bits per heavy atom. The normalized spacial score (nSPS) is 10.5. The summed E-state index contributed by atoms with van der Waals surface area (Å²) in [7, 11) is 0. The summed E-state index contributed by atoms with van der Waals surface area (Å²) in [6.45, 7) is 2.55. The summed E-state index contributed by atoms with van der Waals surface area (Å²) in [6.07, 6.45) is 0. The highest BCUT2D eigenvalue weighted by molar-refractivity contribution is 14.1. The van der Waals surface area contributed by atoms with Gasteiger partial charge in [-0.3, -0.25) is 9.18 Å². The molecule has 4 heteroatoms. The van der Waals surface area contributed by atoms with Crippen LogP contribution in [-0.4, -0.2) is 12.6 Å². The van der Waals surface area contributed by atoms with E-state index in [-0.39, 0.29) is 5.97 Å². The van der Waals surface area contributed by atoms with Crippen molar-refractivity contribution in [1.29, 1.82) is 0 Å². The van der Waals surface area contributed by atoms with E-state index in [9.17, 15) is 9.18 Å². The van der Waals surface area contributed by atoms with E-state index in [1.54, 1.807) is 19.1 Å². The van der Waals surface area contributed by atoms with Crippen molar-refractivity contribution >= 4 is 28.6 Å². The molecule has 1 radical (unpaired) electrons. The Morgan fingerprint density at radius 2 is 2.07 bits per heavy atom. The van der Waals surface area contributed by atoms with Crippen LogP contribution in [0.5, 0.6) is 5.75 Å². The standard InChI is InChI=1S/C11H11FIO2/c1-7(6-12)9-3-10(13)5-11(4-9)15-8(2)14/h3-5H,6H2,1-2H3. The third-order valence-corrected chi connectivity index (χ3v) is 2.45. The molecule has 2 nitrogen and oxygen atoms in total. The summed E-state index contributed by atoms with van der Waals surface area (Å²) in [4.78, 5) is 10.8. The van der Waals surface area contributed by atoms with Crippen LogP contribution in [0.15, 0.2) is 18.2 Å². The van der Waals surface area contributed by atoms with Gasteiger partial charge in [0.1, 0.15) is 5.75 Å². The van der Waals surface area contributed by atoms with Gasteiger partial charge in [-0.05, 0) is 46.4 Å². The largest absolute Gasteiger partial charge is 0.427 e. The van der Waals surface area contributed by atoms with Crippen molar-refractivity contribution in [2.75, 3.05) is 6.67 Å². The predicted molar refractivity (Wildman–Crippen MR) is 64.5 cm³/mol. The van der Waals surface area contributed by atoms with Gasteiger partial charge in [0.2, 0.25) is 0 Å². The molecule has 0 bridgehead atoms. The number of carbonyl (C=O) groups is 1. The lowest BCUT2D eigenvalue weighted by molar-refractivity contribution is -0.131. The van der Waals surface area contributed by atoms with Crippen LogP contribution in [0.3, 0.4) is 0 Å². The molecule has 15 heavy (non-hydrogen) atoms. The molecule has 0 aliphatic rings. The lowest BCUT2D eigenvalue weighted by Crippen LogP contribution is -2.03. The Balaban J connectivity index is 2.99. The minimum Gasteiger partial charge on any atom is -0.427 e. The molecule has 0 saturated heterocycles. The van der Waals surface area contributed by atoms with Crippen LogP contribution < -0.4 is 4.74 Å². The van der Waals surface area contributed by atoms with Crippen LogP contribution in [-0.2, 0) is 4.79 Å². The lowest BCUT2D eigenvalue weighted by Gasteiger charge is -2.09. The minimum atomic E-state index is -0.500. The maximum Gasteiger partial charge on any atom is 0.308 e. The van der Waals surface area contributed by atoms with Crippen LogP contribution >= 0.6 is 22.6 Å². The summed E-state index contributed by atoms with van der Waals surface area (Å²) in [5, 5.41) is 0. The molecule has 0 heterocycles. The molecule has 0 amide bonds. The Morgan fingerprint density at radius 3 is 2.60 bits per heavy atom. The number of rotatable bonds is 3. The minimum absolute atomic E-state index is 0.374. The van der Waals surface area contributed by atoms with Crippen molar-refractivity contribution in [3.05, 3.63) is 33.3 Å². The number of halogens is 2. The molecule has 1 aromatic carbocycles. The number of hydrogen-bond donors (Lipinski definition) is 0. The average Bonchev–Trinajstić information content (AvgIpc) is 2.14. The number of carbonyl (C=O) groups excluding carboxylic acids is 1. The molecule has 0 saturated carbocycles. The van der Waals surface area contributed by atoms with Crippen molar-refractivity contribution in [1.82, 2.24) is 0 Å². The Kier molecular flexibility index (Phi) is 4.50. The van der Waals surface area contributed by atoms with Gasteiger partial charge in [0.15, 0.2) is 0 Å². The molecule has 0 aliphatic carbocycles. The molecular formula is C11H11FIO2. The highest BCUT2D eigenvalue weighted by Crippen LogP contribution is 2.24. The third kappa shape index (κ3) is 3.77. The van der Waals surface area contributed by atoms with E-state index in [1.165, 1.54) is 6.92 Å². The maximum atomic E-state index is 12.5. The van der Waals surface area contributed by atoms with Crippen LogP contribution in [0.4, 0.5) is 4.39 Å². The monoisotopic (exact) mass is 321 g/mol. The van der Waals surface area contributed by atoms with Crippen molar-refractivity contribution in [3.8, 4) is 5.75 Å². The van der Waals surface area contributed by atoms with Crippen LogP contribution in [0.2, 0.25) is 0 Å². The van der Waals surface area contributed by atoms with Crippen molar-refractivity contribution in [3.63, 3.8) is 0 Å². The zero-order valence-electron chi connectivity index (χ0n) is 8.51. The van der Waals surface area contributed by atoms with Gasteiger partial charge in [0, 0.05) is 16.4 Å². The predicted octanol–water partition coefficient (Wildman–Crippen LogP) is 3.13. The van der Waals surface area contributed by atoms with E-state index in [0.717, 1.165) is 9.13 Å². The molecule has 0 atom stereocenters. The first-order chi connectivity index (χ1) is 7.02. The fourth-order valence-corrected chi connectivity index (χ4v) is 1.75. The van der Waals surface area contributed by atoms with Crippen LogP contribution in [0.1, 0.15) is 19.4 Å². The number of ether oxygens (including phenoxy) is 1. The third-order valence-electron chi connectivity index (χ3n) is 1.83. The number of esters is 1. The molecule has 1 rings (SSSR count). The fourth-order valence-electron chi connectivity index (χ4n) is 1.11. The van der Waals surface area contributed by atoms with E-state index in [4.69, 9.17) is 4.74 Å². The quantitative estimate of drug-likeness (QED) is 0.486. The molecule has 1 aromatic rings. The smallest absolute Gasteiger partial charge is 0.308 e. The second-order valence-corrected chi connectivity index (χ2v) is 4.43. The van der Waals surface area contributed by atoms with Gasteiger partial charge in [0.05, 0.1) is 6.67 Å². The number of benzene rings is 1. The maximum absolute atomic E-state index is 12.5. The zero-order valence-corrected chi connectivity index (χ0v) is 10.7. The van der Waals surface area contributed by atoms with E-state index in [1.807, 2.05) is 6.07 Å². The van der Waals surface area contributed by atoms with Gasteiger partial charge in [-0.1, -0.05) is 6.92 Å². The molecule has 0 N–H and O–H groups in total. The summed E-state index contributed by atoms with van der Waals surface area (Å²) in [5.41, 5.74) is 0.764. The lowest BCUT2D eigenvalue weighted by atomic mass is 10.0. The zero-order chi connectivity index (χ0) is 11.4. The van der Waals surface area contributed by atoms with E-state index in [0.29, 0.717) is 11.7 Å². The number of alkyl halides is 1. The first-order valence-corrected chi connectivity index (χ1v) is 5.48. The van der Waals surface area contributed by atoms with Gasteiger partial charge < -0.3 is 4.74 Å². The van der Waals surface area contributed by atoms with Gasteiger partial charge in [-0.25, -0.2) is 0 Å². The van der Waals surface area contributed by atoms with E-state index < -0.39 is 6.67 Å². The second kappa shape index (κ2) is 5.44. The molecule has 0 aliphatic heterocycles. The first kappa shape index (κ1) is 12.4. The van der Waals surface area contributed by atoms with Gasteiger partial charge in [0.25, 0.3) is 0 Å². The molecule has 0 spiro atoms. The molecule has 0 unspecified atom stereocenters. The average molecular weight is 321 g/mol. The Labute approximate surface area is 102 Å². The highest BCUT2D eigenvalue weighted by Gasteiger charge is 2.09. The van der Waals surface area contributed by atoms with Gasteiger partial charge >= 0.3 is 5.97 Å². The van der Waals surface area contributed by atoms with E-state index >= 15 is 0 Å². The fraction of sp³-hybridized carbons (Fsp3) is 0.273. The molecule has 0 aromatic heterocycles. The van der Waals surface area contributed by atoms with Crippen LogP contribution in [0, 0.1) is 9.49 Å².